The van der Waals surface area contributed by atoms with Gasteiger partial charge in [-0.05, 0) is 19.2 Å². The van der Waals surface area contributed by atoms with Crippen LogP contribution < -0.4 is 5.73 Å². The molecule has 0 aliphatic rings. The molecule has 0 amide bonds. The standard InChI is InChI=1S/C7H12N2/c1-3-4-5-7(8)6-9-2/h4-6H,2-3,8H2,1H3/b5-4-,7-6+. The molecular weight excluding hydrogens is 112 g/mol. The Labute approximate surface area is 55.8 Å². The molecular formula is C7H12N2. The second kappa shape index (κ2) is 5.09. The molecule has 0 heterocycles. The number of nitrogens with two attached hydrogens (primary N) is 1. The van der Waals surface area contributed by atoms with Gasteiger partial charge in [0, 0.05) is 11.9 Å². The Morgan fingerprint density at radius 3 is 2.89 bits per heavy atom. The number of aliphatic imine (C=N–C) groups is 1. The molecule has 0 bridgehead atoms. The van der Waals surface area contributed by atoms with E-state index in [1.165, 1.54) is 6.20 Å². The van der Waals surface area contributed by atoms with Gasteiger partial charge in [-0.2, -0.15) is 0 Å². The van der Waals surface area contributed by atoms with Gasteiger partial charge < -0.3 is 5.73 Å². The molecule has 0 fully saturated rings. The van der Waals surface area contributed by atoms with E-state index in [0.717, 1.165) is 6.42 Å². The Bertz CT molecular complexity index is 134. The van der Waals surface area contributed by atoms with Crippen molar-refractivity contribution in [2.45, 2.75) is 13.3 Å². The SMILES string of the molecule is C=N/C=C(N)\C=C/CC. The lowest BCUT2D eigenvalue weighted by atomic mass is 10.3. The molecule has 0 aliphatic carbocycles. The van der Waals surface area contributed by atoms with Crippen LogP contribution in [0, 0.1) is 0 Å². The fraction of sp³-hybridized carbons (Fsp3) is 0.286. The molecule has 2 nitrogen and oxygen atoms in total. The van der Waals surface area contributed by atoms with Gasteiger partial charge in [-0.25, -0.2) is 0 Å². The second-order valence-electron chi connectivity index (χ2n) is 1.62. The highest BCUT2D eigenvalue weighted by Gasteiger charge is 1.75. The zero-order valence-corrected chi connectivity index (χ0v) is 5.67. The molecule has 2 heteroatoms. The molecule has 0 saturated carbocycles. The summed E-state index contributed by atoms with van der Waals surface area (Å²) in [6.07, 6.45) is 6.30. The fourth-order valence-corrected chi connectivity index (χ4v) is 0.402. The monoisotopic (exact) mass is 124 g/mol. The van der Waals surface area contributed by atoms with E-state index in [9.17, 15) is 0 Å². The van der Waals surface area contributed by atoms with Crippen LogP contribution >= 0.6 is 0 Å². The highest BCUT2D eigenvalue weighted by molar-refractivity contribution is 5.27. The predicted octanol–water partition coefficient (Wildman–Crippen LogP) is 1.45. The summed E-state index contributed by atoms with van der Waals surface area (Å²) in [7, 11) is 0. The first kappa shape index (κ1) is 7.95. The van der Waals surface area contributed by atoms with Gasteiger partial charge in [0.1, 0.15) is 0 Å². The van der Waals surface area contributed by atoms with E-state index in [2.05, 4.69) is 11.7 Å². The molecule has 0 atom stereocenters. The minimum atomic E-state index is 0.645. The molecule has 0 aliphatic heterocycles. The van der Waals surface area contributed by atoms with Crippen LogP contribution in [0.5, 0.6) is 0 Å². The van der Waals surface area contributed by atoms with E-state index >= 15 is 0 Å². The van der Waals surface area contributed by atoms with E-state index in [-0.39, 0.29) is 0 Å². The number of rotatable bonds is 3. The van der Waals surface area contributed by atoms with Crippen LogP contribution in [0.4, 0.5) is 0 Å². The van der Waals surface area contributed by atoms with Crippen molar-refractivity contribution in [1.82, 2.24) is 0 Å². The maximum absolute atomic E-state index is 5.41. The van der Waals surface area contributed by atoms with Gasteiger partial charge in [0.05, 0.1) is 0 Å². The summed E-state index contributed by atoms with van der Waals surface area (Å²) < 4.78 is 0. The summed E-state index contributed by atoms with van der Waals surface area (Å²) in [5, 5.41) is 0. The van der Waals surface area contributed by atoms with Gasteiger partial charge >= 0.3 is 0 Å². The maximum atomic E-state index is 5.41. The Kier molecular flexibility index (Phi) is 4.50. The third-order valence-electron chi connectivity index (χ3n) is 0.786. The lowest BCUT2D eigenvalue weighted by Crippen LogP contribution is -1.90. The number of nitrogens with zero attached hydrogens (tertiary/aromatic N) is 1. The minimum Gasteiger partial charge on any atom is -0.397 e. The first-order valence-electron chi connectivity index (χ1n) is 2.89. The van der Waals surface area contributed by atoms with E-state index in [1.807, 2.05) is 19.1 Å². The normalized spacial score (nSPS) is 12.3. The van der Waals surface area contributed by atoms with Gasteiger partial charge in [-0.3, -0.25) is 4.99 Å². The van der Waals surface area contributed by atoms with Crippen molar-refractivity contribution in [3.8, 4) is 0 Å². The van der Waals surface area contributed by atoms with Gasteiger partial charge in [0.15, 0.2) is 0 Å². The van der Waals surface area contributed by atoms with Crippen LogP contribution in [0.3, 0.4) is 0 Å². The smallest absolute Gasteiger partial charge is 0.0496 e. The highest BCUT2D eigenvalue weighted by Crippen LogP contribution is 1.88. The van der Waals surface area contributed by atoms with Crippen molar-refractivity contribution in [2.24, 2.45) is 10.7 Å². The number of hydrogen-bond donors (Lipinski definition) is 1. The fourth-order valence-electron chi connectivity index (χ4n) is 0.402. The minimum absolute atomic E-state index is 0.645. The molecule has 0 aromatic heterocycles. The molecule has 0 aromatic carbocycles. The first-order valence-corrected chi connectivity index (χ1v) is 2.89. The van der Waals surface area contributed by atoms with Gasteiger partial charge in [0.25, 0.3) is 0 Å². The molecule has 2 N–H and O–H groups in total. The van der Waals surface area contributed by atoms with Gasteiger partial charge in [0.2, 0.25) is 0 Å². The average molecular weight is 124 g/mol. The van der Waals surface area contributed by atoms with Gasteiger partial charge in [-0.1, -0.05) is 13.0 Å². The molecule has 0 radical (unpaired) electrons. The Morgan fingerprint density at radius 2 is 2.44 bits per heavy atom. The summed E-state index contributed by atoms with van der Waals surface area (Å²) in [6.45, 7) is 5.32. The Hall–Kier alpha value is -1.05. The van der Waals surface area contributed by atoms with Crippen molar-refractivity contribution in [3.63, 3.8) is 0 Å². The number of allylic oxidation sites excluding steroid dienone is 2. The van der Waals surface area contributed by atoms with E-state index in [1.54, 1.807) is 0 Å². The lowest BCUT2D eigenvalue weighted by Gasteiger charge is -1.85. The summed E-state index contributed by atoms with van der Waals surface area (Å²) in [5.41, 5.74) is 6.06. The third kappa shape index (κ3) is 4.81. The average Bonchev–Trinajstić information content (AvgIpc) is 1.85. The van der Waals surface area contributed by atoms with Crippen LogP contribution in [0.25, 0.3) is 0 Å². The summed E-state index contributed by atoms with van der Waals surface area (Å²) in [5.74, 6) is 0. The van der Waals surface area contributed by atoms with E-state index in [4.69, 9.17) is 5.73 Å². The van der Waals surface area contributed by atoms with Crippen LogP contribution in [0.2, 0.25) is 0 Å². The Morgan fingerprint density at radius 1 is 1.78 bits per heavy atom. The van der Waals surface area contributed by atoms with Crippen LogP contribution in [0.15, 0.2) is 29.0 Å². The van der Waals surface area contributed by atoms with Crippen LogP contribution in [0.1, 0.15) is 13.3 Å². The third-order valence-corrected chi connectivity index (χ3v) is 0.786. The van der Waals surface area contributed by atoms with Crippen molar-refractivity contribution in [3.05, 3.63) is 24.0 Å². The van der Waals surface area contributed by atoms with Crippen molar-refractivity contribution in [2.75, 3.05) is 0 Å². The molecule has 0 saturated heterocycles. The highest BCUT2D eigenvalue weighted by atomic mass is 14.7. The Balaban J connectivity index is 3.74. The summed E-state index contributed by atoms with van der Waals surface area (Å²) in [6, 6.07) is 0. The summed E-state index contributed by atoms with van der Waals surface area (Å²) in [4.78, 5) is 3.50. The summed E-state index contributed by atoms with van der Waals surface area (Å²) >= 11 is 0. The van der Waals surface area contributed by atoms with E-state index in [0.29, 0.717) is 5.70 Å². The molecule has 50 valence electrons. The van der Waals surface area contributed by atoms with Crippen LogP contribution in [-0.4, -0.2) is 6.72 Å². The lowest BCUT2D eigenvalue weighted by molar-refractivity contribution is 1.21. The molecule has 0 unspecified atom stereocenters. The van der Waals surface area contributed by atoms with Crippen molar-refractivity contribution >= 4 is 6.72 Å². The van der Waals surface area contributed by atoms with Crippen molar-refractivity contribution < 1.29 is 0 Å². The number of hydrogen-bond acceptors (Lipinski definition) is 2. The first-order chi connectivity index (χ1) is 4.31. The van der Waals surface area contributed by atoms with E-state index < -0.39 is 0 Å². The zero-order chi connectivity index (χ0) is 7.11. The maximum Gasteiger partial charge on any atom is 0.0496 e. The second-order valence-corrected chi connectivity index (χ2v) is 1.62. The van der Waals surface area contributed by atoms with Crippen molar-refractivity contribution in [1.29, 1.82) is 0 Å². The largest absolute Gasteiger partial charge is 0.397 e. The van der Waals surface area contributed by atoms with Gasteiger partial charge in [-0.15, -0.1) is 0 Å². The topological polar surface area (TPSA) is 38.4 Å². The van der Waals surface area contributed by atoms with Crippen LogP contribution in [-0.2, 0) is 0 Å². The molecule has 9 heavy (non-hydrogen) atoms. The quantitative estimate of drug-likeness (QED) is 0.449. The predicted molar refractivity (Wildman–Crippen MR) is 41.3 cm³/mol. The molecule has 0 spiro atoms. The molecule has 0 rings (SSSR count). The zero-order valence-electron chi connectivity index (χ0n) is 5.67. The molecule has 0 aromatic rings.